The minimum absolute atomic E-state index is 0.208. The molecule has 6 nitrogen and oxygen atoms in total. The molecule has 1 aromatic rings. The number of aromatic nitrogens is 2. The average molecular weight is 308 g/mol. The van der Waals surface area contributed by atoms with Crippen molar-refractivity contribution in [1.82, 2.24) is 19.6 Å². The fourth-order valence-corrected chi connectivity index (χ4v) is 2.68. The van der Waals surface area contributed by atoms with Crippen LogP contribution in [0.3, 0.4) is 0 Å². The summed E-state index contributed by atoms with van der Waals surface area (Å²) < 4.78 is 7.36. The average Bonchev–Trinajstić information content (AvgIpc) is 2.64. The molecule has 1 saturated heterocycles. The van der Waals surface area contributed by atoms with Gasteiger partial charge >= 0.3 is 6.09 Å². The monoisotopic (exact) mass is 308 g/mol. The standard InChI is InChI=1S/C16H28N4O2/c1-12-14(13(2)18(6)17-12)11-19-7-9-20(10-8-19)15(21)22-16(3,4)5/h7-11H2,1-6H3. The van der Waals surface area contributed by atoms with Gasteiger partial charge in [0.1, 0.15) is 5.60 Å². The molecule has 0 bridgehead atoms. The van der Waals surface area contributed by atoms with Crippen molar-refractivity contribution in [2.75, 3.05) is 26.2 Å². The molecule has 2 rings (SSSR count). The van der Waals surface area contributed by atoms with Crippen molar-refractivity contribution in [2.24, 2.45) is 7.05 Å². The number of carbonyl (C=O) groups excluding carboxylic acids is 1. The minimum atomic E-state index is -0.432. The van der Waals surface area contributed by atoms with Crippen molar-refractivity contribution in [3.05, 3.63) is 17.0 Å². The summed E-state index contributed by atoms with van der Waals surface area (Å²) in [6.45, 7) is 13.9. The van der Waals surface area contributed by atoms with E-state index in [1.807, 2.05) is 32.5 Å². The van der Waals surface area contributed by atoms with Gasteiger partial charge in [0.2, 0.25) is 0 Å². The molecule has 0 aromatic carbocycles. The number of carbonyl (C=O) groups is 1. The van der Waals surface area contributed by atoms with Gasteiger partial charge in [0.15, 0.2) is 0 Å². The van der Waals surface area contributed by atoms with Crippen molar-refractivity contribution >= 4 is 6.09 Å². The second kappa shape index (κ2) is 6.28. The third-order valence-electron chi connectivity index (χ3n) is 4.06. The van der Waals surface area contributed by atoms with Crippen LogP contribution in [0.4, 0.5) is 4.79 Å². The minimum Gasteiger partial charge on any atom is -0.444 e. The third kappa shape index (κ3) is 4.00. The maximum Gasteiger partial charge on any atom is 0.410 e. The molecule has 1 fully saturated rings. The number of rotatable bonds is 2. The Kier molecular flexibility index (Phi) is 4.80. The lowest BCUT2D eigenvalue weighted by Crippen LogP contribution is -2.49. The van der Waals surface area contributed by atoms with Gasteiger partial charge in [-0.15, -0.1) is 0 Å². The number of ether oxygens (including phenoxy) is 1. The summed E-state index contributed by atoms with van der Waals surface area (Å²) in [6, 6.07) is 0. The van der Waals surface area contributed by atoms with Crippen LogP contribution in [-0.4, -0.2) is 57.5 Å². The Morgan fingerprint density at radius 1 is 1.18 bits per heavy atom. The largest absolute Gasteiger partial charge is 0.444 e. The molecule has 1 amide bonds. The topological polar surface area (TPSA) is 50.6 Å². The van der Waals surface area contributed by atoms with Gasteiger partial charge in [0.25, 0.3) is 0 Å². The van der Waals surface area contributed by atoms with Crippen molar-refractivity contribution in [1.29, 1.82) is 0 Å². The van der Waals surface area contributed by atoms with E-state index in [1.165, 1.54) is 11.3 Å². The van der Waals surface area contributed by atoms with E-state index in [0.29, 0.717) is 13.1 Å². The highest BCUT2D eigenvalue weighted by atomic mass is 16.6. The SMILES string of the molecule is Cc1nn(C)c(C)c1CN1CCN(C(=O)OC(C)(C)C)CC1. The maximum atomic E-state index is 12.1. The van der Waals surface area contributed by atoms with Crippen LogP contribution in [0.1, 0.15) is 37.7 Å². The molecule has 1 aliphatic heterocycles. The first kappa shape index (κ1) is 16.8. The molecule has 0 saturated carbocycles. The van der Waals surface area contributed by atoms with Crippen molar-refractivity contribution in [3.63, 3.8) is 0 Å². The lowest BCUT2D eigenvalue weighted by atomic mass is 10.1. The predicted molar refractivity (Wildman–Crippen MR) is 85.8 cm³/mol. The first-order valence-corrected chi connectivity index (χ1v) is 7.87. The fraction of sp³-hybridized carbons (Fsp3) is 0.750. The van der Waals surface area contributed by atoms with Gasteiger partial charge in [0.05, 0.1) is 5.69 Å². The summed E-state index contributed by atoms with van der Waals surface area (Å²) in [5.41, 5.74) is 3.17. The summed E-state index contributed by atoms with van der Waals surface area (Å²) in [5, 5.41) is 4.47. The smallest absolute Gasteiger partial charge is 0.410 e. The second-order valence-electron chi connectivity index (χ2n) is 7.02. The van der Waals surface area contributed by atoms with Gasteiger partial charge in [0, 0.05) is 51.0 Å². The predicted octanol–water partition coefficient (Wildman–Crippen LogP) is 2.09. The highest BCUT2D eigenvalue weighted by molar-refractivity contribution is 5.68. The molecule has 2 heterocycles. The molecular weight excluding hydrogens is 280 g/mol. The first-order valence-electron chi connectivity index (χ1n) is 7.87. The summed E-state index contributed by atoms with van der Waals surface area (Å²) in [4.78, 5) is 16.2. The number of piperazine rings is 1. The Morgan fingerprint density at radius 2 is 1.77 bits per heavy atom. The molecule has 0 radical (unpaired) electrons. The summed E-state index contributed by atoms with van der Waals surface area (Å²) in [5.74, 6) is 0. The molecule has 0 atom stereocenters. The van der Waals surface area contributed by atoms with Crippen LogP contribution >= 0.6 is 0 Å². The summed E-state index contributed by atoms with van der Waals surface area (Å²) >= 11 is 0. The molecule has 124 valence electrons. The van der Waals surface area contributed by atoms with E-state index >= 15 is 0 Å². The van der Waals surface area contributed by atoms with E-state index in [2.05, 4.69) is 23.8 Å². The highest BCUT2D eigenvalue weighted by Gasteiger charge is 2.26. The molecule has 22 heavy (non-hydrogen) atoms. The van der Waals surface area contributed by atoms with Gasteiger partial charge in [-0.05, 0) is 34.6 Å². The Morgan fingerprint density at radius 3 is 2.23 bits per heavy atom. The van der Waals surface area contributed by atoms with E-state index in [1.54, 1.807) is 4.90 Å². The van der Waals surface area contributed by atoms with Crippen molar-refractivity contribution in [2.45, 2.75) is 46.8 Å². The molecule has 0 aliphatic carbocycles. The summed E-state index contributed by atoms with van der Waals surface area (Å²) in [7, 11) is 1.98. The molecule has 0 N–H and O–H groups in total. The second-order valence-corrected chi connectivity index (χ2v) is 7.02. The van der Waals surface area contributed by atoms with Crippen molar-refractivity contribution in [3.8, 4) is 0 Å². The van der Waals surface area contributed by atoms with E-state index in [0.717, 1.165) is 25.3 Å². The lowest BCUT2D eigenvalue weighted by Gasteiger charge is -2.35. The number of aryl methyl sites for hydroxylation is 2. The van der Waals surface area contributed by atoms with E-state index in [-0.39, 0.29) is 6.09 Å². The number of hydrogen-bond acceptors (Lipinski definition) is 4. The van der Waals surface area contributed by atoms with E-state index < -0.39 is 5.60 Å². The van der Waals surface area contributed by atoms with Gasteiger partial charge < -0.3 is 9.64 Å². The van der Waals surface area contributed by atoms with E-state index in [9.17, 15) is 4.79 Å². The molecule has 0 spiro atoms. The van der Waals surface area contributed by atoms with Crippen LogP contribution < -0.4 is 0 Å². The quantitative estimate of drug-likeness (QED) is 0.839. The normalized spacial score (nSPS) is 16.9. The van der Waals surface area contributed by atoms with Crippen LogP contribution in [0.25, 0.3) is 0 Å². The number of amides is 1. The van der Waals surface area contributed by atoms with Gasteiger partial charge in [-0.3, -0.25) is 9.58 Å². The maximum absolute atomic E-state index is 12.1. The molecule has 1 aromatic heterocycles. The molecular formula is C16H28N4O2. The third-order valence-corrected chi connectivity index (χ3v) is 4.06. The summed E-state index contributed by atoms with van der Waals surface area (Å²) in [6.07, 6.45) is -0.208. The fourth-order valence-electron chi connectivity index (χ4n) is 2.68. The number of nitrogens with zero attached hydrogens (tertiary/aromatic N) is 4. The Balaban J connectivity index is 1.88. The zero-order valence-electron chi connectivity index (χ0n) is 14.6. The van der Waals surface area contributed by atoms with E-state index in [4.69, 9.17) is 4.74 Å². The zero-order chi connectivity index (χ0) is 16.5. The van der Waals surface area contributed by atoms with Crippen molar-refractivity contribution < 1.29 is 9.53 Å². The van der Waals surface area contributed by atoms with Crippen LogP contribution in [0.5, 0.6) is 0 Å². The molecule has 0 unspecified atom stereocenters. The van der Waals surface area contributed by atoms with Gasteiger partial charge in [-0.1, -0.05) is 0 Å². The van der Waals surface area contributed by atoms with Gasteiger partial charge in [-0.2, -0.15) is 5.10 Å². The first-order chi connectivity index (χ1) is 10.2. The van der Waals surface area contributed by atoms with Crippen LogP contribution in [0, 0.1) is 13.8 Å². The molecule has 1 aliphatic rings. The van der Waals surface area contributed by atoms with Crippen LogP contribution in [0.15, 0.2) is 0 Å². The Labute approximate surface area is 133 Å². The number of hydrogen-bond donors (Lipinski definition) is 0. The highest BCUT2D eigenvalue weighted by Crippen LogP contribution is 2.17. The van der Waals surface area contributed by atoms with Crippen LogP contribution in [-0.2, 0) is 18.3 Å². The lowest BCUT2D eigenvalue weighted by molar-refractivity contribution is 0.0138. The van der Waals surface area contributed by atoms with Gasteiger partial charge in [-0.25, -0.2) is 4.79 Å². The Hall–Kier alpha value is -1.56. The molecule has 6 heteroatoms. The Bertz CT molecular complexity index is 537. The van der Waals surface area contributed by atoms with Crippen LogP contribution in [0.2, 0.25) is 0 Å². The zero-order valence-corrected chi connectivity index (χ0v) is 14.6.